The van der Waals surface area contributed by atoms with Crippen LogP contribution in [0.1, 0.15) is 17.3 Å². The van der Waals surface area contributed by atoms with Crippen molar-refractivity contribution in [1.82, 2.24) is 0 Å². The maximum Gasteiger partial charge on any atom is 0.384 e. The molecule has 0 amide bonds. The Kier molecular flexibility index (Phi) is 6.52. The Morgan fingerprint density at radius 1 is 0.828 bits per heavy atom. The highest BCUT2D eigenvalue weighted by molar-refractivity contribution is 5.94. The number of hydrogen-bond acceptors (Lipinski definition) is 2. The van der Waals surface area contributed by atoms with Crippen LogP contribution in [0.4, 0.5) is 52.7 Å². The van der Waals surface area contributed by atoms with Gasteiger partial charge in [-0.15, -0.1) is 0 Å². The number of Topliss-reactive ketones (excluding diaryl/α,β-unsaturated/α-hetero) is 1. The molecule has 0 aliphatic carbocycles. The number of carbonyl (C=O) groups excluding carboxylic acids is 1. The molecule has 1 aromatic rings. The zero-order valence-electron chi connectivity index (χ0n) is 13.9. The Morgan fingerprint density at radius 2 is 1.28 bits per heavy atom. The predicted octanol–water partition coefficient (Wildman–Crippen LogP) is 5.71. The predicted molar refractivity (Wildman–Crippen MR) is 72.7 cm³/mol. The van der Waals surface area contributed by atoms with Crippen molar-refractivity contribution in [3.05, 3.63) is 29.8 Å². The molecule has 0 N–H and O–H groups in total. The van der Waals surface area contributed by atoms with Crippen molar-refractivity contribution in [3.63, 3.8) is 0 Å². The van der Waals surface area contributed by atoms with Gasteiger partial charge in [0.1, 0.15) is 5.75 Å². The lowest BCUT2D eigenvalue weighted by molar-refractivity contribution is -0.414. The number of rotatable bonds is 9. The normalized spacial score (nSPS) is 14.3. The molecule has 2 nitrogen and oxygen atoms in total. The molecule has 0 atom stereocenters. The van der Waals surface area contributed by atoms with E-state index in [0.717, 1.165) is 31.2 Å². The fourth-order valence-corrected chi connectivity index (χ4v) is 1.82. The van der Waals surface area contributed by atoms with Gasteiger partial charge in [-0.3, -0.25) is 4.79 Å². The second-order valence-electron chi connectivity index (χ2n) is 5.72. The summed E-state index contributed by atoms with van der Waals surface area (Å²) in [6, 6.07) is 3.45. The van der Waals surface area contributed by atoms with E-state index in [1.165, 1.54) is 0 Å². The Morgan fingerprint density at radius 3 is 1.66 bits per heavy atom. The van der Waals surface area contributed by atoms with E-state index in [4.69, 9.17) is 0 Å². The average molecular weight is 450 g/mol. The lowest BCUT2D eigenvalue weighted by atomic mass is 9.94. The molecule has 0 aromatic heterocycles. The molecule has 0 heterocycles. The highest BCUT2D eigenvalue weighted by Gasteiger charge is 2.87. The SMILES string of the molecule is CC(=O)c1ccc(OCC(F)(F)C(F)(F)C(F)(F)C(F)(F)C(F)(F)C(F)F)cc1. The lowest BCUT2D eigenvalue weighted by Gasteiger charge is -2.39. The molecule has 0 unspecified atom stereocenters. The van der Waals surface area contributed by atoms with Crippen LogP contribution in [0.3, 0.4) is 0 Å². The van der Waals surface area contributed by atoms with Crippen LogP contribution in [0.15, 0.2) is 24.3 Å². The van der Waals surface area contributed by atoms with Gasteiger partial charge in [-0.1, -0.05) is 0 Å². The van der Waals surface area contributed by atoms with Gasteiger partial charge in [-0.25, -0.2) is 8.78 Å². The summed E-state index contributed by atoms with van der Waals surface area (Å²) in [7, 11) is 0. The Bertz CT molecular complexity index is 727. The minimum Gasteiger partial charge on any atom is -0.487 e. The standard InChI is InChI=1S/C15H10F12O2/c1-7(28)8-2-4-9(5-3-8)29-6-11(18,19)13(22,23)15(26,27)14(24,25)12(20,21)10(16)17/h2-5,10H,6H2,1H3. The highest BCUT2D eigenvalue weighted by Crippen LogP contribution is 2.58. The smallest absolute Gasteiger partial charge is 0.384 e. The summed E-state index contributed by atoms with van der Waals surface area (Å²) in [5.41, 5.74) is 0.00912. The second kappa shape index (κ2) is 7.59. The molecule has 1 aromatic carbocycles. The topological polar surface area (TPSA) is 26.3 Å². The van der Waals surface area contributed by atoms with Crippen LogP contribution in [0.25, 0.3) is 0 Å². The number of alkyl halides is 12. The minimum atomic E-state index is -7.59. The molecule has 29 heavy (non-hydrogen) atoms. The van der Waals surface area contributed by atoms with Crippen LogP contribution in [-0.2, 0) is 0 Å². The van der Waals surface area contributed by atoms with Crippen LogP contribution in [0, 0.1) is 0 Å². The van der Waals surface area contributed by atoms with Crippen LogP contribution in [-0.4, -0.2) is 48.4 Å². The fourth-order valence-electron chi connectivity index (χ4n) is 1.82. The molecule has 0 radical (unpaired) electrons. The van der Waals surface area contributed by atoms with E-state index in [-0.39, 0.29) is 5.56 Å². The molecular formula is C15H10F12O2. The van der Waals surface area contributed by atoms with Gasteiger partial charge in [-0.05, 0) is 31.2 Å². The number of benzene rings is 1. The van der Waals surface area contributed by atoms with E-state index in [9.17, 15) is 57.5 Å². The number of ether oxygens (including phenoxy) is 1. The van der Waals surface area contributed by atoms with Crippen molar-refractivity contribution in [2.24, 2.45) is 0 Å². The molecule has 166 valence electrons. The zero-order chi connectivity index (χ0) is 23.1. The Labute approximate surface area is 154 Å². The third-order valence-corrected chi connectivity index (χ3v) is 3.62. The number of halogens is 12. The largest absolute Gasteiger partial charge is 0.487 e. The summed E-state index contributed by atoms with van der Waals surface area (Å²) in [6.45, 7) is -1.60. The van der Waals surface area contributed by atoms with Gasteiger partial charge >= 0.3 is 36.0 Å². The molecule has 0 fully saturated rings. The van der Waals surface area contributed by atoms with E-state index in [2.05, 4.69) is 4.74 Å². The van der Waals surface area contributed by atoms with Crippen LogP contribution in [0.2, 0.25) is 0 Å². The first-order valence-corrected chi connectivity index (χ1v) is 7.24. The van der Waals surface area contributed by atoms with Crippen molar-refractivity contribution in [1.29, 1.82) is 0 Å². The van der Waals surface area contributed by atoms with Crippen molar-refractivity contribution >= 4 is 5.78 Å². The summed E-state index contributed by atoms with van der Waals surface area (Å²) in [6.07, 6.45) is -5.55. The fraction of sp³-hybridized carbons (Fsp3) is 0.533. The Hall–Kier alpha value is -2.15. The summed E-state index contributed by atoms with van der Waals surface area (Å²) >= 11 is 0. The van der Waals surface area contributed by atoms with Crippen molar-refractivity contribution in [3.8, 4) is 5.75 Å². The van der Waals surface area contributed by atoms with Crippen molar-refractivity contribution in [2.75, 3.05) is 6.61 Å². The summed E-state index contributed by atoms with van der Waals surface area (Å²) in [5.74, 6) is -36.8. The van der Waals surface area contributed by atoms with E-state index in [1.807, 2.05) is 0 Å². The molecule has 0 aliphatic heterocycles. The van der Waals surface area contributed by atoms with Crippen LogP contribution < -0.4 is 4.74 Å². The molecular weight excluding hydrogens is 440 g/mol. The third kappa shape index (κ3) is 4.10. The van der Waals surface area contributed by atoms with E-state index in [1.54, 1.807) is 0 Å². The maximum absolute atomic E-state index is 13.5. The highest BCUT2D eigenvalue weighted by atomic mass is 19.4. The zero-order valence-corrected chi connectivity index (χ0v) is 13.9. The van der Waals surface area contributed by atoms with Crippen LogP contribution in [0.5, 0.6) is 5.75 Å². The van der Waals surface area contributed by atoms with Crippen LogP contribution >= 0.6 is 0 Å². The Balaban J connectivity index is 3.15. The summed E-state index contributed by atoms with van der Waals surface area (Å²) in [5, 5.41) is 0. The number of carbonyl (C=O) groups is 1. The van der Waals surface area contributed by atoms with Gasteiger partial charge in [0.15, 0.2) is 12.4 Å². The van der Waals surface area contributed by atoms with Crippen molar-refractivity contribution < 1.29 is 62.2 Å². The molecule has 0 saturated heterocycles. The van der Waals surface area contributed by atoms with E-state index in [0.29, 0.717) is 0 Å². The molecule has 0 saturated carbocycles. The first-order chi connectivity index (χ1) is 12.8. The quantitative estimate of drug-likeness (QED) is 0.356. The monoisotopic (exact) mass is 450 g/mol. The first kappa shape index (κ1) is 24.9. The molecule has 0 aliphatic rings. The molecule has 0 spiro atoms. The third-order valence-electron chi connectivity index (χ3n) is 3.62. The summed E-state index contributed by atoms with van der Waals surface area (Å²) < 4.78 is 160. The van der Waals surface area contributed by atoms with Gasteiger partial charge < -0.3 is 4.74 Å². The van der Waals surface area contributed by atoms with E-state index < -0.39 is 54.2 Å². The first-order valence-electron chi connectivity index (χ1n) is 7.24. The van der Waals surface area contributed by atoms with Gasteiger partial charge in [-0.2, -0.15) is 43.9 Å². The molecule has 14 heteroatoms. The van der Waals surface area contributed by atoms with Gasteiger partial charge in [0.25, 0.3) is 0 Å². The number of hydrogen-bond donors (Lipinski definition) is 0. The summed E-state index contributed by atoms with van der Waals surface area (Å²) in [4.78, 5) is 11.0. The molecule has 0 bridgehead atoms. The van der Waals surface area contributed by atoms with Gasteiger partial charge in [0.05, 0.1) is 0 Å². The van der Waals surface area contributed by atoms with Crippen molar-refractivity contribution in [2.45, 2.75) is 43.0 Å². The van der Waals surface area contributed by atoms with E-state index >= 15 is 0 Å². The minimum absolute atomic E-state index is 0.00912. The maximum atomic E-state index is 13.5. The average Bonchev–Trinajstić information content (AvgIpc) is 2.59. The second-order valence-corrected chi connectivity index (χ2v) is 5.72. The number of ketones is 1. The van der Waals surface area contributed by atoms with Gasteiger partial charge in [0.2, 0.25) is 0 Å². The van der Waals surface area contributed by atoms with Gasteiger partial charge in [0, 0.05) is 5.56 Å². The lowest BCUT2D eigenvalue weighted by Crippen LogP contribution is -2.69. The molecule has 1 rings (SSSR count).